The smallest absolute Gasteiger partial charge is 0.416 e. The minimum atomic E-state index is -4.32. The van der Waals surface area contributed by atoms with Gasteiger partial charge < -0.3 is 10.1 Å². The highest BCUT2D eigenvalue weighted by atomic mass is 19.4. The SMILES string of the molecule is CCOc1ccc2c(c1)CC(c1cccc(C(F)(F)F)c1)N2. The average molecular weight is 307 g/mol. The maximum atomic E-state index is 12.8. The largest absolute Gasteiger partial charge is 0.494 e. The van der Waals surface area contributed by atoms with Crippen molar-refractivity contribution in [3.8, 4) is 5.75 Å². The second kappa shape index (κ2) is 5.55. The number of hydrogen-bond donors (Lipinski definition) is 1. The third-order valence-corrected chi connectivity index (χ3v) is 3.76. The molecule has 116 valence electrons. The van der Waals surface area contributed by atoms with Gasteiger partial charge in [-0.15, -0.1) is 0 Å². The van der Waals surface area contributed by atoms with Crippen LogP contribution in [0.15, 0.2) is 42.5 Å². The van der Waals surface area contributed by atoms with E-state index in [4.69, 9.17) is 4.74 Å². The number of anilines is 1. The molecule has 1 heterocycles. The van der Waals surface area contributed by atoms with E-state index in [0.717, 1.165) is 23.1 Å². The van der Waals surface area contributed by atoms with E-state index in [2.05, 4.69) is 5.32 Å². The summed E-state index contributed by atoms with van der Waals surface area (Å²) in [5.74, 6) is 0.785. The lowest BCUT2D eigenvalue weighted by molar-refractivity contribution is -0.137. The summed E-state index contributed by atoms with van der Waals surface area (Å²) < 4.78 is 43.9. The molecule has 2 nitrogen and oxygen atoms in total. The van der Waals surface area contributed by atoms with Crippen molar-refractivity contribution in [2.24, 2.45) is 0 Å². The van der Waals surface area contributed by atoms with Gasteiger partial charge in [-0.2, -0.15) is 13.2 Å². The zero-order valence-electron chi connectivity index (χ0n) is 12.1. The van der Waals surface area contributed by atoms with Crippen LogP contribution in [0.25, 0.3) is 0 Å². The molecule has 1 unspecified atom stereocenters. The van der Waals surface area contributed by atoms with Crippen LogP contribution >= 0.6 is 0 Å². The van der Waals surface area contributed by atoms with Gasteiger partial charge in [0, 0.05) is 5.69 Å². The quantitative estimate of drug-likeness (QED) is 0.878. The van der Waals surface area contributed by atoms with Gasteiger partial charge >= 0.3 is 6.18 Å². The van der Waals surface area contributed by atoms with Crippen LogP contribution in [0.5, 0.6) is 5.75 Å². The van der Waals surface area contributed by atoms with Crippen molar-refractivity contribution >= 4 is 5.69 Å². The molecular formula is C17H16F3NO. The highest BCUT2D eigenvalue weighted by Crippen LogP contribution is 2.38. The van der Waals surface area contributed by atoms with Crippen LogP contribution in [0.2, 0.25) is 0 Å². The molecule has 3 rings (SSSR count). The summed E-state index contributed by atoms with van der Waals surface area (Å²) in [4.78, 5) is 0. The standard InChI is InChI=1S/C17H16F3NO/c1-2-22-14-6-7-15-12(9-14)10-16(21-15)11-4-3-5-13(8-11)17(18,19)20/h3-9,16,21H,2,10H2,1H3. The molecule has 1 atom stereocenters. The fourth-order valence-corrected chi connectivity index (χ4v) is 2.73. The zero-order valence-corrected chi connectivity index (χ0v) is 12.1. The highest BCUT2D eigenvalue weighted by Gasteiger charge is 2.31. The van der Waals surface area contributed by atoms with Crippen molar-refractivity contribution in [2.45, 2.75) is 25.6 Å². The van der Waals surface area contributed by atoms with E-state index >= 15 is 0 Å². The number of hydrogen-bond acceptors (Lipinski definition) is 2. The number of ether oxygens (including phenoxy) is 1. The van der Waals surface area contributed by atoms with Crippen LogP contribution in [0.4, 0.5) is 18.9 Å². The summed E-state index contributed by atoms with van der Waals surface area (Å²) in [6, 6.07) is 11.1. The molecule has 2 aromatic carbocycles. The third-order valence-electron chi connectivity index (χ3n) is 3.76. The average Bonchev–Trinajstić information content (AvgIpc) is 2.90. The first-order valence-corrected chi connectivity index (χ1v) is 7.17. The third kappa shape index (κ3) is 2.89. The number of alkyl halides is 3. The Hall–Kier alpha value is -2.17. The van der Waals surface area contributed by atoms with Gasteiger partial charge in [0.1, 0.15) is 5.75 Å². The first-order valence-electron chi connectivity index (χ1n) is 7.17. The van der Waals surface area contributed by atoms with Gasteiger partial charge in [0.25, 0.3) is 0 Å². The lowest BCUT2D eigenvalue weighted by Crippen LogP contribution is -2.09. The molecule has 0 fully saturated rings. The molecule has 0 amide bonds. The molecule has 1 aliphatic rings. The number of fused-ring (bicyclic) bond motifs is 1. The first-order chi connectivity index (χ1) is 10.5. The van der Waals surface area contributed by atoms with Gasteiger partial charge in [-0.25, -0.2) is 0 Å². The Morgan fingerprint density at radius 1 is 1.18 bits per heavy atom. The molecule has 0 aromatic heterocycles. The van der Waals surface area contributed by atoms with E-state index in [1.807, 2.05) is 25.1 Å². The maximum Gasteiger partial charge on any atom is 0.416 e. The monoisotopic (exact) mass is 307 g/mol. The van der Waals surface area contributed by atoms with Gasteiger partial charge in [0.15, 0.2) is 0 Å². The molecule has 5 heteroatoms. The van der Waals surface area contributed by atoms with Crippen LogP contribution in [-0.4, -0.2) is 6.61 Å². The Bertz CT molecular complexity index is 682. The van der Waals surface area contributed by atoms with Crippen molar-refractivity contribution in [3.63, 3.8) is 0 Å². The Morgan fingerprint density at radius 3 is 2.73 bits per heavy atom. The molecule has 0 spiro atoms. The Balaban J connectivity index is 1.84. The molecule has 1 N–H and O–H groups in total. The van der Waals surface area contributed by atoms with E-state index in [9.17, 15) is 13.2 Å². The maximum absolute atomic E-state index is 12.8. The van der Waals surface area contributed by atoms with Crippen LogP contribution in [-0.2, 0) is 12.6 Å². The van der Waals surface area contributed by atoms with Gasteiger partial charge in [-0.05, 0) is 54.8 Å². The van der Waals surface area contributed by atoms with Crippen molar-refractivity contribution in [3.05, 3.63) is 59.2 Å². The zero-order chi connectivity index (χ0) is 15.7. The van der Waals surface area contributed by atoms with E-state index in [1.165, 1.54) is 12.1 Å². The Morgan fingerprint density at radius 2 is 2.00 bits per heavy atom. The first kappa shape index (κ1) is 14.8. The van der Waals surface area contributed by atoms with Crippen LogP contribution in [0, 0.1) is 0 Å². The van der Waals surface area contributed by atoms with Crippen molar-refractivity contribution in [2.75, 3.05) is 11.9 Å². The normalized spacial score (nSPS) is 17.0. The molecule has 0 aliphatic carbocycles. The summed E-state index contributed by atoms with van der Waals surface area (Å²) in [6.45, 7) is 2.50. The fraction of sp³-hybridized carbons (Fsp3) is 0.294. The second-order valence-corrected chi connectivity index (χ2v) is 5.28. The molecule has 2 aromatic rings. The minimum absolute atomic E-state index is 0.144. The van der Waals surface area contributed by atoms with Crippen molar-refractivity contribution < 1.29 is 17.9 Å². The molecule has 0 saturated carbocycles. The molecule has 0 radical (unpaired) electrons. The van der Waals surface area contributed by atoms with Gasteiger partial charge in [0.05, 0.1) is 18.2 Å². The predicted octanol–water partition coefficient (Wildman–Crippen LogP) is 4.81. The topological polar surface area (TPSA) is 21.3 Å². The second-order valence-electron chi connectivity index (χ2n) is 5.28. The fourth-order valence-electron chi connectivity index (χ4n) is 2.73. The summed E-state index contributed by atoms with van der Waals surface area (Å²) in [5, 5.41) is 3.28. The summed E-state index contributed by atoms with van der Waals surface area (Å²) in [6.07, 6.45) is -3.67. The minimum Gasteiger partial charge on any atom is -0.494 e. The molecule has 0 saturated heterocycles. The van der Waals surface area contributed by atoms with Crippen LogP contribution < -0.4 is 10.1 Å². The van der Waals surface area contributed by atoms with Gasteiger partial charge in [-0.1, -0.05) is 12.1 Å². The van der Waals surface area contributed by atoms with Crippen LogP contribution in [0.1, 0.15) is 29.7 Å². The summed E-state index contributed by atoms with van der Waals surface area (Å²) in [5.41, 5.74) is 2.04. The number of nitrogens with one attached hydrogen (secondary N) is 1. The summed E-state index contributed by atoms with van der Waals surface area (Å²) in [7, 11) is 0. The Kier molecular flexibility index (Phi) is 3.72. The van der Waals surface area contributed by atoms with Crippen LogP contribution in [0.3, 0.4) is 0 Å². The van der Waals surface area contributed by atoms with Gasteiger partial charge in [0.2, 0.25) is 0 Å². The Labute approximate surface area is 126 Å². The van der Waals surface area contributed by atoms with Crippen molar-refractivity contribution in [1.29, 1.82) is 0 Å². The van der Waals surface area contributed by atoms with E-state index < -0.39 is 11.7 Å². The molecule has 22 heavy (non-hydrogen) atoms. The van der Waals surface area contributed by atoms with E-state index in [1.54, 1.807) is 6.07 Å². The van der Waals surface area contributed by atoms with Gasteiger partial charge in [-0.3, -0.25) is 0 Å². The summed E-state index contributed by atoms with van der Waals surface area (Å²) >= 11 is 0. The lowest BCUT2D eigenvalue weighted by atomic mass is 10.0. The highest BCUT2D eigenvalue weighted by molar-refractivity contribution is 5.60. The predicted molar refractivity (Wildman–Crippen MR) is 79.1 cm³/mol. The van der Waals surface area contributed by atoms with Crippen molar-refractivity contribution in [1.82, 2.24) is 0 Å². The molecular weight excluding hydrogens is 291 g/mol. The molecule has 1 aliphatic heterocycles. The number of halogens is 3. The number of rotatable bonds is 3. The van der Waals surface area contributed by atoms with E-state index in [0.29, 0.717) is 18.6 Å². The van der Waals surface area contributed by atoms with E-state index in [-0.39, 0.29) is 6.04 Å². The molecule has 0 bridgehead atoms. The lowest BCUT2D eigenvalue weighted by Gasteiger charge is -2.14. The number of benzene rings is 2.